The standard InChI is InChI=1S/C56H50N4O8/c1-7-65-52(61)41-27-19-37(20-28-41)47-48(38-21-29-42(30-22-38)53(62)66-8-2)59-56(58-47,46-18-14-12-16-36(46)6)60-50(40-25-33-44(34-26-40)55(64)68-10-4)49(57-51(60)45-17-13-11-15-35(45)5)39-23-31-43(32-24-39)54(63)67-9-3/h11-34H,7-10H2,1-6H3. The van der Waals surface area contributed by atoms with Crippen molar-refractivity contribution >= 4 is 35.3 Å². The summed E-state index contributed by atoms with van der Waals surface area (Å²) >= 11 is 0. The third-order valence-corrected chi connectivity index (χ3v) is 11.5. The number of imidazole rings is 1. The van der Waals surface area contributed by atoms with Crippen LogP contribution in [-0.2, 0) is 24.7 Å². The van der Waals surface area contributed by atoms with Crippen molar-refractivity contribution in [2.75, 3.05) is 26.4 Å². The van der Waals surface area contributed by atoms with Gasteiger partial charge in [-0.2, -0.15) is 0 Å². The second-order valence-electron chi connectivity index (χ2n) is 15.8. The predicted molar refractivity (Wildman–Crippen MR) is 261 cm³/mol. The van der Waals surface area contributed by atoms with Gasteiger partial charge in [-0.05, 0) is 101 Å². The van der Waals surface area contributed by atoms with Crippen LogP contribution in [0.5, 0.6) is 0 Å². The van der Waals surface area contributed by atoms with E-state index in [1.165, 1.54) is 0 Å². The van der Waals surface area contributed by atoms with Crippen LogP contribution < -0.4 is 0 Å². The molecule has 0 saturated carbocycles. The molecule has 1 aliphatic heterocycles. The number of carbonyl (C=O) groups is 4. The summed E-state index contributed by atoms with van der Waals surface area (Å²) < 4.78 is 23.4. The number of esters is 4. The third kappa shape index (κ3) is 9.00. The van der Waals surface area contributed by atoms with Crippen LogP contribution in [0.25, 0.3) is 33.9 Å². The second kappa shape index (κ2) is 20.1. The van der Waals surface area contributed by atoms with E-state index in [0.29, 0.717) is 73.1 Å². The van der Waals surface area contributed by atoms with E-state index in [-0.39, 0.29) is 26.4 Å². The van der Waals surface area contributed by atoms with Crippen LogP contribution in [0.4, 0.5) is 0 Å². The summed E-state index contributed by atoms with van der Waals surface area (Å²) in [7, 11) is 0. The molecule has 0 bridgehead atoms. The SMILES string of the molecule is CCOC(=O)c1ccc(C2=NC(c3ccccc3C)(n3c(-c4ccccc4C)nc(-c4ccc(C(=O)OCC)cc4)c3-c3ccc(C(=O)OCC)cc3)N=C2c2ccc(C(=O)OCC)cc2)cc1. The summed E-state index contributed by atoms with van der Waals surface area (Å²) in [5, 5.41) is 0. The van der Waals surface area contributed by atoms with E-state index in [1.54, 1.807) is 76.2 Å². The maximum atomic E-state index is 13.0. The number of hydrogen-bond acceptors (Lipinski definition) is 11. The van der Waals surface area contributed by atoms with Crippen LogP contribution in [0, 0.1) is 13.8 Å². The van der Waals surface area contributed by atoms with E-state index in [9.17, 15) is 19.2 Å². The van der Waals surface area contributed by atoms with Crippen LogP contribution in [0.15, 0.2) is 156 Å². The Bertz CT molecular complexity index is 3000. The number of carbonyl (C=O) groups excluding carboxylic acids is 4. The molecule has 1 aromatic heterocycles. The number of aliphatic imine (C=N–C) groups is 2. The molecule has 68 heavy (non-hydrogen) atoms. The molecule has 12 heteroatoms. The molecule has 12 nitrogen and oxygen atoms in total. The van der Waals surface area contributed by atoms with Gasteiger partial charge in [0, 0.05) is 33.4 Å². The zero-order chi connectivity index (χ0) is 48.0. The monoisotopic (exact) mass is 906 g/mol. The quantitative estimate of drug-likeness (QED) is 0.0724. The minimum Gasteiger partial charge on any atom is -0.462 e. The van der Waals surface area contributed by atoms with Gasteiger partial charge in [-0.1, -0.05) is 97.1 Å². The van der Waals surface area contributed by atoms with Crippen LogP contribution in [-0.4, -0.2) is 71.3 Å². The fraction of sp³-hybridized carbons (Fsp3) is 0.196. The summed E-state index contributed by atoms with van der Waals surface area (Å²) in [5.74, 6) is -2.90. The Hall–Kier alpha value is -8.25. The summed E-state index contributed by atoms with van der Waals surface area (Å²) in [6.07, 6.45) is 0. The normalized spacial score (nSPS) is 12.7. The summed E-state index contributed by atoms with van der Waals surface area (Å²) in [6, 6.07) is 44.2. The lowest BCUT2D eigenvalue weighted by Crippen LogP contribution is -2.32. The van der Waals surface area contributed by atoms with Crippen molar-refractivity contribution in [1.29, 1.82) is 0 Å². The third-order valence-electron chi connectivity index (χ3n) is 11.5. The zero-order valence-corrected chi connectivity index (χ0v) is 38.7. The van der Waals surface area contributed by atoms with Crippen molar-refractivity contribution in [1.82, 2.24) is 9.55 Å². The van der Waals surface area contributed by atoms with Crippen LogP contribution >= 0.6 is 0 Å². The molecule has 8 rings (SSSR count). The van der Waals surface area contributed by atoms with Gasteiger partial charge in [-0.15, -0.1) is 0 Å². The van der Waals surface area contributed by atoms with Crippen molar-refractivity contribution in [3.63, 3.8) is 0 Å². The molecular formula is C56H50N4O8. The molecule has 2 heterocycles. The van der Waals surface area contributed by atoms with Gasteiger partial charge in [-0.25, -0.2) is 34.1 Å². The maximum Gasteiger partial charge on any atom is 0.338 e. The predicted octanol–water partition coefficient (Wildman–Crippen LogP) is 10.9. The largest absolute Gasteiger partial charge is 0.462 e. The fourth-order valence-electron chi connectivity index (χ4n) is 8.25. The summed E-state index contributed by atoms with van der Waals surface area (Å²) in [5.41, 5.74) is 9.70. The van der Waals surface area contributed by atoms with E-state index >= 15 is 0 Å². The molecule has 0 saturated heterocycles. The van der Waals surface area contributed by atoms with Crippen molar-refractivity contribution in [2.24, 2.45) is 9.98 Å². The van der Waals surface area contributed by atoms with E-state index in [1.807, 2.05) is 111 Å². The molecule has 0 aliphatic carbocycles. The molecule has 1 aliphatic rings. The van der Waals surface area contributed by atoms with Crippen molar-refractivity contribution < 1.29 is 38.1 Å². The molecule has 0 fully saturated rings. The highest BCUT2D eigenvalue weighted by molar-refractivity contribution is 6.54. The average Bonchev–Trinajstić information content (AvgIpc) is 3.96. The first kappa shape index (κ1) is 46.3. The van der Waals surface area contributed by atoms with E-state index in [2.05, 4.69) is 4.57 Å². The van der Waals surface area contributed by atoms with E-state index < -0.39 is 29.7 Å². The number of rotatable bonds is 15. The Morgan fingerprint density at radius 3 is 1.22 bits per heavy atom. The van der Waals surface area contributed by atoms with Gasteiger partial charge in [0.15, 0.2) is 0 Å². The Morgan fingerprint density at radius 1 is 0.456 bits per heavy atom. The number of benzene rings is 6. The molecule has 0 spiro atoms. The molecule has 0 atom stereocenters. The Balaban J connectivity index is 1.51. The van der Waals surface area contributed by atoms with Gasteiger partial charge >= 0.3 is 23.9 Å². The maximum absolute atomic E-state index is 13.0. The molecule has 0 radical (unpaired) electrons. The molecule has 0 N–H and O–H groups in total. The minimum absolute atomic E-state index is 0.218. The summed E-state index contributed by atoms with van der Waals surface area (Å²) in [6.45, 7) is 12.0. The summed E-state index contributed by atoms with van der Waals surface area (Å²) in [4.78, 5) is 68.8. The van der Waals surface area contributed by atoms with Crippen LogP contribution in [0.1, 0.15) is 96.9 Å². The Labute approximate surface area is 395 Å². The van der Waals surface area contributed by atoms with Gasteiger partial charge < -0.3 is 18.9 Å². The number of hydrogen-bond donors (Lipinski definition) is 0. The van der Waals surface area contributed by atoms with E-state index in [4.69, 9.17) is 33.9 Å². The van der Waals surface area contributed by atoms with Crippen molar-refractivity contribution in [3.8, 4) is 33.9 Å². The highest BCUT2D eigenvalue weighted by atomic mass is 16.5. The number of ether oxygens (including phenoxy) is 4. The first-order valence-electron chi connectivity index (χ1n) is 22.6. The zero-order valence-electron chi connectivity index (χ0n) is 38.7. The van der Waals surface area contributed by atoms with Gasteiger partial charge in [-0.3, -0.25) is 4.57 Å². The number of nitrogens with zero attached hydrogens (tertiary/aromatic N) is 4. The highest BCUT2D eigenvalue weighted by Gasteiger charge is 2.46. The molecule has 342 valence electrons. The average molecular weight is 907 g/mol. The van der Waals surface area contributed by atoms with Crippen LogP contribution in [0.3, 0.4) is 0 Å². The van der Waals surface area contributed by atoms with Crippen LogP contribution in [0.2, 0.25) is 0 Å². The van der Waals surface area contributed by atoms with E-state index in [0.717, 1.165) is 22.3 Å². The topological polar surface area (TPSA) is 148 Å². The number of aryl methyl sites for hydroxylation is 2. The van der Waals surface area contributed by atoms with Gasteiger partial charge in [0.1, 0.15) is 5.82 Å². The van der Waals surface area contributed by atoms with Crippen molar-refractivity contribution in [2.45, 2.75) is 47.3 Å². The molecule has 0 unspecified atom stereocenters. The fourth-order valence-corrected chi connectivity index (χ4v) is 8.25. The molecular weight excluding hydrogens is 857 g/mol. The minimum atomic E-state index is -1.63. The lowest BCUT2D eigenvalue weighted by Gasteiger charge is -2.31. The van der Waals surface area contributed by atoms with Gasteiger partial charge in [0.05, 0.1) is 71.5 Å². The first-order valence-corrected chi connectivity index (χ1v) is 22.6. The smallest absolute Gasteiger partial charge is 0.338 e. The van der Waals surface area contributed by atoms with Gasteiger partial charge in [0.2, 0.25) is 0 Å². The second-order valence-corrected chi connectivity index (χ2v) is 15.8. The molecule has 6 aromatic carbocycles. The Morgan fingerprint density at radius 2 is 0.824 bits per heavy atom. The molecule has 7 aromatic rings. The lowest BCUT2D eigenvalue weighted by atomic mass is 9.98. The number of aromatic nitrogens is 2. The van der Waals surface area contributed by atoms with Gasteiger partial charge in [0.25, 0.3) is 5.79 Å². The Kier molecular flexibility index (Phi) is 13.7. The molecule has 0 amide bonds. The van der Waals surface area contributed by atoms with Crippen molar-refractivity contribution in [3.05, 3.63) is 196 Å². The highest BCUT2D eigenvalue weighted by Crippen LogP contribution is 2.47. The lowest BCUT2D eigenvalue weighted by molar-refractivity contribution is 0.0516. The first-order chi connectivity index (χ1) is 33.0.